The molecule has 0 saturated carbocycles. The Bertz CT molecular complexity index is 793. The Morgan fingerprint density at radius 1 is 0.889 bits per heavy atom. The van der Waals surface area contributed by atoms with Gasteiger partial charge in [-0.3, -0.25) is 9.59 Å². The van der Waals surface area contributed by atoms with Gasteiger partial charge in [0.15, 0.2) is 11.5 Å². The van der Waals surface area contributed by atoms with Crippen LogP contribution in [-0.2, 0) is 16.0 Å². The summed E-state index contributed by atoms with van der Waals surface area (Å²) in [4.78, 5) is 22.6. The van der Waals surface area contributed by atoms with E-state index < -0.39 is 17.7 Å². The molecule has 7 nitrogen and oxygen atoms in total. The lowest BCUT2D eigenvalue weighted by Gasteiger charge is -2.15. The third-order valence-corrected chi connectivity index (χ3v) is 4.28. The molecule has 2 amide bonds. The van der Waals surface area contributed by atoms with E-state index in [-0.39, 0.29) is 6.42 Å². The Kier molecular flexibility index (Phi) is 6.65. The van der Waals surface area contributed by atoms with Crippen molar-refractivity contribution in [3.63, 3.8) is 0 Å². The molecule has 0 fully saturated rings. The highest BCUT2D eigenvalue weighted by molar-refractivity contribution is 5.84. The van der Waals surface area contributed by atoms with Gasteiger partial charge in [0.2, 0.25) is 17.6 Å². The smallest absolute Gasteiger partial charge is 0.221 e. The number of primary amides is 2. The van der Waals surface area contributed by atoms with E-state index >= 15 is 0 Å². The lowest BCUT2D eigenvalue weighted by molar-refractivity contribution is -0.126. The molecule has 4 N–H and O–H groups in total. The van der Waals surface area contributed by atoms with E-state index in [1.54, 1.807) is 21.3 Å². The number of rotatable bonds is 9. The Labute approximate surface area is 158 Å². The maximum Gasteiger partial charge on any atom is 0.221 e. The summed E-state index contributed by atoms with van der Waals surface area (Å²) >= 11 is 0. The topological polar surface area (TPSA) is 114 Å². The predicted molar refractivity (Wildman–Crippen MR) is 102 cm³/mol. The molecule has 2 aromatic carbocycles. The molecule has 0 saturated heterocycles. The van der Waals surface area contributed by atoms with Crippen molar-refractivity contribution in [2.24, 2.45) is 17.4 Å². The lowest BCUT2D eigenvalue weighted by atomic mass is 9.94. The summed E-state index contributed by atoms with van der Waals surface area (Å²) in [5, 5.41) is 0. The van der Waals surface area contributed by atoms with Gasteiger partial charge in [0, 0.05) is 6.42 Å². The average Bonchev–Trinajstić information content (AvgIpc) is 2.66. The first-order valence-electron chi connectivity index (χ1n) is 8.36. The van der Waals surface area contributed by atoms with Crippen molar-refractivity contribution in [2.45, 2.75) is 12.8 Å². The van der Waals surface area contributed by atoms with E-state index in [1.807, 2.05) is 36.4 Å². The van der Waals surface area contributed by atoms with Crippen LogP contribution in [0, 0.1) is 5.92 Å². The van der Waals surface area contributed by atoms with Crippen LogP contribution in [-0.4, -0.2) is 33.1 Å². The van der Waals surface area contributed by atoms with Gasteiger partial charge in [0.25, 0.3) is 0 Å². The number of hydrogen-bond donors (Lipinski definition) is 2. The molecule has 0 spiro atoms. The van der Waals surface area contributed by atoms with Crippen LogP contribution in [0.25, 0.3) is 11.1 Å². The third-order valence-electron chi connectivity index (χ3n) is 4.28. The van der Waals surface area contributed by atoms with Gasteiger partial charge < -0.3 is 25.7 Å². The molecule has 2 aromatic rings. The second kappa shape index (κ2) is 8.93. The van der Waals surface area contributed by atoms with E-state index in [4.69, 9.17) is 25.7 Å². The van der Waals surface area contributed by atoms with E-state index in [9.17, 15) is 9.59 Å². The molecule has 0 bridgehead atoms. The van der Waals surface area contributed by atoms with Crippen LogP contribution >= 0.6 is 0 Å². The van der Waals surface area contributed by atoms with Gasteiger partial charge in [-0.1, -0.05) is 24.3 Å². The second-order valence-electron chi connectivity index (χ2n) is 6.08. The maximum atomic E-state index is 11.5. The molecule has 1 unspecified atom stereocenters. The number of ether oxygens (including phenoxy) is 3. The Morgan fingerprint density at radius 2 is 1.44 bits per heavy atom. The van der Waals surface area contributed by atoms with Crippen molar-refractivity contribution in [3.05, 3.63) is 42.0 Å². The fourth-order valence-electron chi connectivity index (χ4n) is 2.88. The van der Waals surface area contributed by atoms with Gasteiger partial charge in [0.05, 0.1) is 27.2 Å². The molecule has 0 aliphatic rings. The molecule has 1 atom stereocenters. The van der Waals surface area contributed by atoms with Crippen LogP contribution in [0.15, 0.2) is 36.4 Å². The predicted octanol–water partition coefficient (Wildman–Crippen LogP) is 1.90. The molecular formula is C20H24N2O5. The lowest BCUT2D eigenvalue weighted by Crippen LogP contribution is -2.29. The molecule has 144 valence electrons. The molecule has 2 rings (SSSR count). The van der Waals surface area contributed by atoms with Crippen LogP contribution in [0.1, 0.15) is 12.0 Å². The van der Waals surface area contributed by atoms with Crippen LogP contribution in [0.5, 0.6) is 17.2 Å². The van der Waals surface area contributed by atoms with Crippen molar-refractivity contribution in [1.29, 1.82) is 0 Å². The standard InChI is InChI=1S/C20H24N2O5/c1-25-16-9-14(10-17(26-2)19(16)27-3)13-6-4-12(5-7-13)8-15(20(22)24)11-18(21)23/h4-7,9-10,15H,8,11H2,1-3H3,(H2,21,23)(H2,22,24). The largest absolute Gasteiger partial charge is 0.493 e. The number of carbonyl (C=O) groups excluding carboxylic acids is 2. The zero-order valence-electron chi connectivity index (χ0n) is 15.7. The average molecular weight is 372 g/mol. The number of nitrogens with two attached hydrogens (primary N) is 2. The number of methoxy groups -OCH3 is 3. The zero-order chi connectivity index (χ0) is 20.0. The van der Waals surface area contributed by atoms with Crippen LogP contribution < -0.4 is 25.7 Å². The minimum Gasteiger partial charge on any atom is -0.493 e. The third kappa shape index (κ3) is 4.91. The first kappa shape index (κ1) is 20.1. The number of amides is 2. The fourth-order valence-corrected chi connectivity index (χ4v) is 2.88. The van der Waals surface area contributed by atoms with E-state index in [0.29, 0.717) is 23.7 Å². The van der Waals surface area contributed by atoms with Gasteiger partial charge in [-0.2, -0.15) is 0 Å². The summed E-state index contributed by atoms with van der Waals surface area (Å²) in [7, 11) is 4.68. The SMILES string of the molecule is COc1cc(-c2ccc(CC(CC(N)=O)C(N)=O)cc2)cc(OC)c1OC. The number of benzene rings is 2. The second-order valence-corrected chi connectivity index (χ2v) is 6.08. The molecule has 0 aliphatic heterocycles. The van der Waals surface area contributed by atoms with Gasteiger partial charge in [0.1, 0.15) is 0 Å². The van der Waals surface area contributed by atoms with Gasteiger partial charge in [-0.25, -0.2) is 0 Å². The minimum absolute atomic E-state index is 0.0655. The molecule has 0 heterocycles. The minimum atomic E-state index is -0.616. The summed E-state index contributed by atoms with van der Waals surface area (Å²) < 4.78 is 16.1. The van der Waals surface area contributed by atoms with Crippen LogP contribution in [0.2, 0.25) is 0 Å². The van der Waals surface area contributed by atoms with Gasteiger partial charge >= 0.3 is 0 Å². The van der Waals surface area contributed by atoms with Crippen molar-refractivity contribution in [1.82, 2.24) is 0 Å². The Hall–Kier alpha value is -3.22. The zero-order valence-corrected chi connectivity index (χ0v) is 15.7. The molecule has 0 aliphatic carbocycles. The van der Waals surface area contributed by atoms with E-state index in [2.05, 4.69) is 0 Å². The summed E-state index contributed by atoms with van der Waals surface area (Å²) in [5.41, 5.74) is 13.2. The van der Waals surface area contributed by atoms with Crippen LogP contribution in [0.3, 0.4) is 0 Å². The molecule has 0 aromatic heterocycles. The van der Waals surface area contributed by atoms with Crippen molar-refractivity contribution < 1.29 is 23.8 Å². The number of carbonyl (C=O) groups is 2. The van der Waals surface area contributed by atoms with Crippen molar-refractivity contribution in [3.8, 4) is 28.4 Å². The van der Waals surface area contributed by atoms with Gasteiger partial charge in [-0.05, 0) is 35.2 Å². The van der Waals surface area contributed by atoms with Crippen molar-refractivity contribution in [2.75, 3.05) is 21.3 Å². The summed E-state index contributed by atoms with van der Waals surface area (Å²) in [6.07, 6.45) is 0.289. The van der Waals surface area contributed by atoms with Crippen molar-refractivity contribution >= 4 is 11.8 Å². The molecule has 27 heavy (non-hydrogen) atoms. The van der Waals surface area contributed by atoms with Gasteiger partial charge in [-0.15, -0.1) is 0 Å². The van der Waals surface area contributed by atoms with Crippen LogP contribution in [0.4, 0.5) is 0 Å². The fraction of sp³-hybridized carbons (Fsp3) is 0.300. The summed E-state index contributed by atoms with van der Waals surface area (Å²) in [6, 6.07) is 11.3. The summed E-state index contributed by atoms with van der Waals surface area (Å²) in [5.74, 6) is -0.0571. The van der Waals surface area contributed by atoms with E-state index in [1.165, 1.54) is 0 Å². The Balaban J connectivity index is 2.29. The summed E-state index contributed by atoms with van der Waals surface area (Å²) in [6.45, 7) is 0. The highest BCUT2D eigenvalue weighted by atomic mass is 16.5. The quantitative estimate of drug-likeness (QED) is 0.698. The highest BCUT2D eigenvalue weighted by Crippen LogP contribution is 2.41. The molecule has 7 heteroatoms. The highest BCUT2D eigenvalue weighted by Gasteiger charge is 2.19. The first-order chi connectivity index (χ1) is 12.9. The number of hydrogen-bond acceptors (Lipinski definition) is 5. The Morgan fingerprint density at radius 3 is 1.85 bits per heavy atom. The molecular weight excluding hydrogens is 348 g/mol. The monoisotopic (exact) mass is 372 g/mol. The maximum absolute atomic E-state index is 11.5. The normalized spacial score (nSPS) is 11.5. The first-order valence-corrected chi connectivity index (χ1v) is 8.36. The molecule has 0 radical (unpaired) electrons. The van der Waals surface area contributed by atoms with E-state index in [0.717, 1.165) is 16.7 Å².